The molecule has 0 heterocycles. The van der Waals surface area contributed by atoms with Crippen LogP contribution in [0.25, 0.3) is 0 Å². The van der Waals surface area contributed by atoms with E-state index in [0.29, 0.717) is 6.92 Å². The van der Waals surface area contributed by atoms with Crippen LogP contribution < -0.4 is 0 Å². The molecule has 0 unspecified atom stereocenters. The first-order valence-electron chi connectivity index (χ1n) is 4.14. The van der Waals surface area contributed by atoms with Crippen molar-refractivity contribution in [2.75, 3.05) is 0 Å². The van der Waals surface area contributed by atoms with Crippen molar-refractivity contribution in [1.29, 1.82) is 0 Å². The lowest BCUT2D eigenvalue weighted by Gasteiger charge is -2.37. The highest BCUT2D eigenvalue weighted by molar-refractivity contribution is 7.43. The van der Waals surface area contributed by atoms with Crippen LogP contribution in [-0.4, -0.2) is 30.3 Å². The van der Waals surface area contributed by atoms with Gasteiger partial charge in [0, 0.05) is 6.42 Å². The van der Waals surface area contributed by atoms with E-state index in [1.165, 1.54) is 0 Å². The molecule has 0 N–H and O–H groups in total. The van der Waals surface area contributed by atoms with Gasteiger partial charge in [0.25, 0.3) is 0 Å². The lowest BCUT2D eigenvalue weighted by Crippen LogP contribution is -2.67. The highest BCUT2D eigenvalue weighted by Gasteiger charge is 2.86. The first-order valence-corrected chi connectivity index (χ1v) is 8.04. The van der Waals surface area contributed by atoms with Crippen molar-refractivity contribution in [3.8, 4) is 0 Å². The van der Waals surface area contributed by atoms with E-state index in [9.17, 15) is 39.2 Å². The highest BCUT2D eigenvalue weighted by Crippen LogP contribution is 2.57. The van der Waals surface area contributed by atoms with Gasteiger partial charge in [-0.25, -0.2) is 0 Å². The zero-order chi connectivity index (χ0) is 15.2. The first-order chi connectivity index (χ1) is 7.56. The molecule has 0 amide bonds. The van der Waals surface area contributed by atoms with Gasteiger partial charge in [0.2, 0.25) is 0 Å². The van der Waals surface area contributed by atoms with Crippen LogP contribution in [-0.2, 0) is 0 Å². The molecule has 0 nitrogen and oxygen atoms in total. The zero-order valence-electron chi connectivity index (χ0n) is 8.36. The standard InChI is InChI=1S/C6H5Cl2F9Si/c1-2-3(9,10)4(11,12)5(13,14)6(15,16)18(7,8)17/h2H2,1H3. The van der Waals surface area contributed by atoms with Crippen LogP contribution in [0.1, 0.15) is 13.3 Å². The van der Waals surface area contributed by atoms with Crippen LogP contribution in [0.3, 0.4) is 0 Å². The monoisotopic (exact) mass is 346 g/mol. The van der Waals surface area contributed by atoms with Gasteiger partial charge in [-0.3, -0.25) is 4.11 Å². The van der Waals surface area contributed by atoms with E-state index in [0.717, 1.165) is 0 Å². The smallest absolute Gasteiger partial charge is 0.265 e. The van der Waals surface area contributed by atoms with Crippen LogP contribution in [0.15, 0.2) is 0 Å². The first kappa shape index (κ1) is 18.2. The average Bonchev–Trinajstić information content (AvgIpc) is 2.15. The Labute approximate surface area is 106 Å². The Morgan fingerprint density at radius 2 is 1.17 bits per heavy atom. The maximum atomic E-state index is 12.8. The Balaban J connectivity index is 5.80. The number of halogens is 11. The molecule has 0 aromatic carbocycles. The molecule has 0 aromatic heterocycles. The molecule has 0 rings (SSSR count). The minimum atomic E-state index is -6.73. The molecular weight excluding hydrogens is 342 g/mol. The highest BCUT2D eigenvalue weighted by atomic mass is 35.7. The van der Waals surface area contributed by atoms with Gasteiger partial charge in [0.15, 0.2) is 0 Å². The minimum absolute atomic E-state index is 0.365. The molecule has 0 bridgehead atoms. The Bertz CT molecular complexity index is 311. The fourth-order valence-corrected chi connectivity index (χ4v) is 2.05. The molecule has 0 radical (unpaired) electrons. The van der Waals surface area contributed by atoms with E-state index in [1.807, 2.05) is 0 Å². The summed E-state index contributed by atoms with van der Waals surface area (Å²) in [5, 5.41) is 0. The van der Waals surface area contributed by atoms with Crippen LogP contribution in [0.5, 0.6) is 0 Å². The maximum absolute atomic E-state index is 12.8. The molecule has 0 saturated carbocycles. The lowest BCUT2D eigenvalue weighted by atomic mass is 10.0. The van der Waals surface area contributed by atoms with Crippen LogP contribution in [0, 0.1) is 0 Å². The normalized spacial score (nSPS) is 16.0. The molecule has 0 aliphatic carbocycles. The van der Waals surface area contributed by atoms with E-state index in [-0.39, 0.29) is 0 Å². The third kappa shape index (κ3) is 2.42. The van der Waals surface area contributed by atoms with Crippen LogP contribution in [0.4, 0.5) is 39.2 Å². The molecule has 0 aliphatic rings. The van der Waals surface area contributed by atoms with Gasteiger partial charge in [0.1, 0.15) is 0 Å². The Kier molecular flexibility index (Phi) is 4.66. The summed E-state index contributed by atoms with van der Waals surface area (Å²) in [6.07, 6.45) is -1.86. The second kappa shape index (κ2) is 4.62. The molecule has 18 heavy (non-hydrogen) atoms. The van der Waals surface area contributed by atoms with Crippen molar-refractivity contribution in [1.82, 2.24) is 0 Å². The summed E-state index contributed by atoms with van der Waals surface area (Å²) in [5.74, 6) is -18.7. The van der Waals surface area contributed by atoms with Gasteiger partial charge in [0.05, 0.1) is 0 Å². The van der Waals surface area contributed by atoms with Gasteiger partial charge in [-0.15, -0.1) is 22.2 Å². The van der Waals surface area contributed by atoms with Crippen molar-refractivity contribution in [3.05, 3.63) is 0 Å². The van der Waals surface area contributed by atoms with E-state index < -0.39 is 36.8 Å². The summed E-state index contributed by atoms with van der Waals surface area (Å²) in [6.45, 7) is 0.365. The molecular formula is C6H5Cl2F9Si. The SMILES string of the molecule is CCC(F)(F)C(F)(F)C(F)(F)C(F)(F)[Si](F)(Cl)Cl. The summed E-state index contributed by atoms with van der Waals surface area (Å²) in [4.78, 5) is 0. The topological polar surface area (TPSA) is 0 Å². The van der Waals surface area contributed by atoms with Crippen LogP contribution in [0.2, 0.25) is 0 Å². The molecule has 0 spiro atoms. The average molecular weight is 347 g/mol. The van der Waals surface area contributed by atoms with E-state index in [2.05, 4.69) is 22.2 Å². The van der Waals surface area contributed by atoms with Crippen molar-refractivity contribution >= 4 is 29.2 Å². The summed E-state index contributed by atoms with van der Waals surface area (Å²) in [5.41, 5.74) is -6.29. The van der Waals surface area contributed by atoms with Gasteiger partial charge in [-0.2, -0.15) is 35.1 Å². The largest absolute Gasteiger partial charge is 0.511 e. The van der Waals surface area contributed by atoms with E-state index in [1.54, 1.807) is 0 Å². The number of hydrogen-bond acceptors (Lipinski definition) is 0. The fourth-order valence-electron chi connectivity index (χ4n) is 0.827. The quantitative estimate of drug-likeness (QED) is 0.378. The van der Waals surface area contributed by atoms with Crippen molar-refractivity contribution in [3.63, 3.8) is 0 Å². The van der Waals surface area contributed by atoms with Gasteiger partial charge < -0.3 is 0 Å². The second-order valence-corrected chi connectivity index (χ2v) is 8.61. The molecule has 0 fully saturated rings. The van der Waals surface area contributed by atoms with E-state index >= 15 is 0 Å². The van der Waals surface area contributed by atoms with Gasteiger partial charge in [-0.1, -0.05) is 6.92 Å². The second-order valence-electron chi connectivity index (χ2n) is 3.28. The molecule has 0 aliphatic heterocycles. The van der Waals surface area contributed by atoms with Crippen molar-refractivity contribution in [2.45, 2.75) is 36.7 Å². The Morgan fingerprint density at radius 3 is 1.39 bits per heavy atom. The van der Waals surface area contributed by atoms with Gasteiger partial charge >= 0.3 is 30.3 Å². The number of hydrogen-bond donors (Lipinski definition) is 0. The van der Waals surface area contributed by atoms with E-state index in [4.69, 9.17) is 0 Å². The summed E-state index contributed by atoms with van der Waals surface area (Å²) in [6, 6.07) is 0. The maximum Gasteiger partial charge on any atom is 0.511 e. The third-order valence-electron chi connectivity index (χ3n) is 2.05. The zero-order valence-corrected chi connectivity index (χ0v) is 10.9. The molecule has 12 heteroatoms. The Hall–Kier alpha value is 0.167. The number of rotatable bonds is 5. The molecule has 0 aromatic rings. The lowest BCUT2D eigenvalue weighted by molar-refractivity contribution is -0.350. The molecule has 0 atom stereocenters. The predicted molar refractivity (Wildman–Crippen MR) is 48.6 cm³/mol. The molecule has 110 valence electrons. The fraction of sp³-hybridized carbons (Fsp3) is 1.00. The molecule has 0 saturated heterocycles. The number of alkyl halides is 8. The van der Waals surface area contributed by atoms with Crippen molar-refractivity contribution in [2.24, 2.45) is 0 Å². The minimum Gasteiger partial charge on any atom is -0.265 e. The summed E-state index contributed by atoms with van der Waals surface area (Å²) < 4.78 is 114. The third-order valence-corrected chi connectivity index (χ3v) is 4.50. The van der Waals surface area contributed by atoms with Crippen molar-refractivity contribution < 1.29 is 39.2 Å². The Morgan fingerprint density at radius 1 is 0.833 bits per heavy atom. The summed E-state index contributed by atoms with van der Waals surface area (Å²) in [7, 11) is -6.67. The summed E-state index contributed by atoms with van der Waals surface area (Å²) >= 11 is 8.28. The predicted octanol–water partition coefficient (Wildman–Crippen LogP) is 4.86. The van der Waals surface area contributed by atoms with Gasteiger partial charge in [-0.05, 0) is 0 Å². The van der Waals surface area contributed by atoms with Crippen LogP contribution >= 0.6 is 22.2 Å².